The Morgan fingerprint density at radius 1 is 1.00 bits per heavy atom. The van der Waals surface area contributed by atoms with Crippen LogP contribution in [0.4, 0.5) is 0 Å². The highest BCUT2D eigenvalue weighted by atomic mass is 14.9. The first-order chi connectivity index (χ1) is 6.69. The summed E-state index contributed by atoms with van der Waals surface area (Å²) in [5, 5.41) is 6.35. The lowest BCUT2D eigenvalue weighted by Crippen LogP contribution is -2.14. The number of benzene rings is 1. The van der Waals surface area contributed by atoms with Crippen LogP contribution >= 0.6 is 0 Å². The second-order valence-corrected chi connectivity index (χ2v) is 3.37. The van der Waals surface area contributed by atoms with Crippen LogP contribution < -0.4 is 10.6 Å². The summed E-state index contributed by atoms with van der Waals surface area (Å²) >= 11 is 0. The lowest BCUT2D eigenvalue weighted by molar-refractivity contribution is 0.959. The SMILES string of the molecule is CN/C(C)=C(\NC)c1ccc(C)cc1. The number of allylic oxidation sites excluding steroid dienone is 1. The molecule has 0 aliphatic heterocycles. The standard InChI is InChI=1S/C12H18N2/c1-9-5-7-11(8-6-9)12(14-4)10(2)13-3/h5-8,13-14H,1-4H3/b12-10-. The molecule has 0 fully saturated rings. The quantitative estimate of drug-likeness (QED) is 0.763. The van der Waals surface area contributed by atoms with Crippen LogP contribution in [0.25, 0.3) is 5.70 Å². The highest BCUT2D eigenvalue weighted by molar-refractivity contribution is 5.66. The molecule has 0 unspecified atom stereocenters. The molecule has 0 bridgehead atoms. The van der Waals surface area contributed by atoms with Gasteiger partial charge in [-0.2, -0.15) is 0 Å². The van der Waals surface area contributed by atoms with Crippen molar-refractivity contribution in [3.8, 4) is 0 Å². The molecule has 0 aromatic heterocycles. The first-order valence-corrected chi connectivity index (χ1v) is 4.82. The maximum absolute atomic E-state index is 3.21. The van der Waals surface area contributed by atoms with Crippen molar-refractivity contribution in [3.63, 3.8) is 0 Å². The number of aryl methyl sites for hydroxylation is 1. The van der Waals surface area contributed by atoms with E-state index < -0.39 is 0 Å². The van der Waals surface area contributed by atoms with Gasteiger partial charge < -0.3 is 10.6 Å². The van der Waals surface area contributed by atoms with Crippen molar-refractivity contribution in [2.75, 3.05) is 14.1 Å². The smallest absolute Gasteiger partial charge is 0.0600 e. The highest BCUT2D eigenvalue weighted by Crippen LogP contribution is 2.14. The summed E-state index contributed by atoms with van der Waals surface area (Å²) in [7, 11) is 3.87. The molecule has 0 amide bonds. The molecular weight excluding hydrogens is 172 g/mol. The number of hydrogen-bond acceptors (Lipinski definition) is 2. The summed E-state index contributed by atoms with van der Waals surface area (Å²) in [6.45, 7) is 4.16. The average Bonchev–Trinajstić information content (AvgIpc) is 2.21. The predicted molar refractivity (Wildman–Crippen MR) is 61.9 cm³/mol. The molecule has 0 radical (unpaired) electrons. The van der Waals surface area contributed by atoms with E-state index in [9.17, 15) is 0 Å². The van der Waals surface area contributed by atoms with Crippen LogP contribution in [0.2, 0.25) is 0 Å². The summed E-state index contributed by atoms with van der Waals surface area (Å²) in [5.74, 6) is 0. The summed E-state index contributed by atoms with van der Waals surface area (Å²) in [6.07, 6.45) is 0. The Morgan fingerprint density at radius 2 is 1.57 bits per heavy atom. The third kappa shape index (κ3) is 2.28. The second kappa shape index (κ2) is 4.70. The van der Waals surface area contributed by atoms with Crippen molar-refractivity contribution in [1.29, 1.82) is 0 Å². The molecule has 2 heteroatoms. The summed E-state index contributed by atoms with van der Waals surface area (Å²) in [4.78, 5) is 0. The van der Waals surface area contributed by atoms with Crippen molar-refractivity contribution < 1.29 is 0 Å². The van der Waals surface area contributed by atoms with Gasteiger partial charge in [0.2, 0.25) is 0 Å². The van der Waals surface area contributed by atoms with Gasteiger partial charge in [-0.1, -0.05) is 29.8 Å². The van der Waals surface area contributed by atoms with Gasteiger partial charge in [-0.15, -0.1) is 0 Å². The third-order valence-corrected chi connectivity index (χ3v) is 2.34. The van der Waals surface area contributed by atoms with Gasteiger partial charge in [0.05, 0.1) is 5.70 Å². The normalized spacial score (nSPS) is 12.0. The van der Waals surface area contributed by atoms with Gasteiger partial charge in [0.15, 0.2) is 0 Å². The van der Waals surface area contributed by atoms with Crippen molar-refractivity contribution in [1.82, 2.24) is 10.6 Å². The number of nitrogens with one attached hydrogen (secondary N) is 2. The van der Waals surface area contributed by atoms with Gasteiger partial charge in [0.1, 0.15) is 0 Å². The highest BCUT2D eigenvalue weighted by Gasteiger charge is 2.01. The fraction of sp³-hybridized carbons (Fsp3) is 0.333. The summed E-state index contributed by atoms with van der Waals surface area (Å²) < 4.78 is 0. The van der Waals surface area contributed by atoms with Crippen LogP contribution in [0.15, 0.2) is 30.0 Å². The van der Waals surface area contributed by atoms with E-state index in [-0.39, 0.29) is 0 Å². The molecule has 1 rings (SSSR count). The lowest BCUT2D eigenvalue weighted by Gasteiger charge is -2.12. The zero-order valence-corrected chi connectivity index (χ0v) is 9.31. The van der Waals surface area contributed by atoms with Crippen molar-refractivity contribution in [2.45, 2.75) is 13.8 Å². The number of hydrogen-bond donors (Lipinski definition) is 2. The van der Waals surface area contributed by atoms with E-state index in [1.807, 2.05) is 14.1 Å². The molecule has 1 aromatic rings. The Labute approximate surface area is 86.0 Å². The molecule has 2 nitrogen and oxygen atoms in total. The monoisotopic (exact) mass is 190 g/mol. The second-order valence-electron chi connectivity index (χ2n) is 3.37. The maximum atomic E-state index is 3.21. The molecule has 0 saturated carbocycles. The Hall–Kier alpha value is -1.44. The molecule has 14 heavy (non-hydrogen) atoms. The zero-order valence-electron chi connectivity index (χ0n) is 9.31. The van der Waals surface area contributed by atoms with Crippen LogP contribution in [0.1, 0.15) is 18.1 Å². The average molecular weight is 190 g/mol. The Bertz CT molecular complexity index is 323. The minimum atomic E-state index is 1.15. The molecule has 0 aliphatic rings. The zero-order chi connectivity index (χ0) is 10.6. The Morgan fingerprint density at radius 3 is 2.00 bits per heavy atom. The minimum absolute atomic E-state index is 1.15. The summed E-state index contributed by atoms with van der Waals surface area (Å²) in [6, 6.07) is 8.50. The van der Waals surface area contributed by atoms with Gasteiger partial charge in [-0.25, -0.2) is 0 Å². The van der Waals surface area contributed by atoms with Gasteiger partial charge in [0.25, 0.3) is 0 Å². The van der Waals surface area contributed by atoms with Crippen LogP contribution in [-0.4, -0.2) is 14.1 Å². The molecule has 76 valence electrons. The third-order valence-electron chi connectivity index (χ3n) is 2.34. The fourth-order valence-corrected chi connectivity index (χ4v) is 1.39. The minimum Gasteiger partial charge on any atom is -0.390 e. The Kier molecular flexibility index (Phi) is 3.57. The molecule has 0 atom stereocenters. The van der Waals surface area contributed by atoms with E-state index in [1.54, 1.807) is 0 Å². The van der Waals surface area contributed by atoms with E-state index in [2.05, 4.69) is 48.7 Å². The number of rotatable bonds is 3. The van der Waals surface area contributed by atoms with Crippen LogP contribution in [0, 0.1) is 6.92 Å². The van der Waals surface area contributed by atoms with Crippen LogP contribution in [0.5, 0.6) is 0 Å². The van der Waals surface area contributed by atoms with Crippen LogP contribution in [0.3, 0.4) is 0 Å². The molecule has 2 N–H and O–H groups in total. The van der Waals surface area contributed by atoms with E-state index >= 15 is 0 Å². The molecular formula is C12H18N2. The molecule has 0 saturated heterocycles. The van der Waals surface area contributed by atoms with Gasteiger partial charge in [0, 0.05) is 19.8 Å². The van der Waals surface area contributed by atoms with Crippen molar-refractivity contribution in [2.24, 2.45) is 0 Å². The summed E-state index contributed by atoms with van der Waals surface area (Å²) in [5.41, 5.74) is 4.79. The molecule has 0 aliphatic carbocycles. The van der Waals surface area contributed by atoms with Crippen molar-refractivity contribution >= 4 is 5.70 Å². The van der Waals surface area contributed by atoms with E-state index in [0.29, 0.717) is 0 Å². The molecule has 0 heterocycles. The molecule has 1 aromatic carbocycles. The first-order valence-electron chi connectivity index (χ1n) is 4.82. The van der Waals surface area contributed by atoms with E-state index in [4.69, 9.17) is 0 Å². The van der Waals surface area contributed by atoms with Crippen molar-refractivity contribution in [3.05, 3.63) is 41.1 Å². The maximum Gasteiger partial charge on any atom is 0.0600 e. The van der Waals surface area contributed by atoms with Crippen LogP contribution in [-0.2, 0) is 0 Å². The largest absolute Gasteiger partial charge is 0.390 e. The van der Waals surface area contributed by atoms with Gasteiger partial charge in [-0.05, 0) is 19.4 Å². The van der Waals surface area contributed by atoms with Gasteiger partial charge in [-0.3, -0.25) is 0 Å². The topological polar surface area (TPSA) is 24.1 Å². The van der Waals surface area contributed by atoms with Gasteiger partial charge >= 0.3 is 0 Å². The molecule has 0 spiro atoms. The first kappa shape index (κ1) is 10.6. The van der Waals surface area contributed by atoms with E-state index in [1.165, 1.54) is 11.1 Å². The van der Waals surface area contributed by atoms with E-state index in [0.717, 1.165) is 11.4 Å². The predicted octanol–water partition coefficient (Wildman–Crippen LogP) is 2.12. The fourth-order valence-electron chi connectivity index (χ4n) is 1.39. The Balaban J connectivity index is 3.08. The lowest BCUT2D eigenvalue weighted by atomic mass is 10.1.